The lowest BCUT2D eigenvalue weighted by molar-refractivity contribution is 0.112. The van der Waals surface area contributed by atoms with Crippen molar-refractivity contribution in [1.82, 2.24) is 14.7 Å². The molecule has 1 fully saturated rings. The van der Waals surface area contributed by atoms with Crippen molar-refractivity contribution in [1.29, 1.82) is 0 Å². The smallest absolute Gasteiger partial charge is 0.170 e. The average Bonchev–Trinajstić information content (AvgIpc) is 2.77. The van der Waals surface area contributed by atoms with E-state index in [9.17, 15) is 4.79 Å². The molecule has 1 aliphatic heterocycles. The monoisotopic (exact) mass is 307 g/mol. The Labute approximate surface area is 114 Å². The molecule has 2 aromatic heterocycles. The van der Waals surface area contributed by atoms with Gasteiger partial charge in [0.05, 0.1) is 5.52 Å². The molecule has 0 aliphatic carbocycles. The molecule has 3 rings (SSSR count). The molecule has 1 saturated heterocycles. The van der Waals surface area contributed by atoms with Gasteiger partial charge in [0.15, 0.2) is 6.29 Å². The number of carbonyl (C=O) groups excluding carboxylic acids is 1. The summed E-state index contributed by atoms with van der Waals surface area (Å²) in [6, 6.07) is 3.87. The van der Waals surface area contributed by atoms with Crippen molar-refractivity contribution in [3.8, 4) is 0 Å². The number of pyridine rings is 1. The Kier molecular flexibility index (Phi) is 3.18. The fourth-order valence-electron chi connectivity index (χ4n) is 2.55. The summed E-state index contributed by atoms with van der Waals surface area (Å²) >= 11 is 3.47. The molecular formula is C13H14BrN3O. The fraction of sp³-hybridized carbons (Fsp3) is 0.385. The van der Waals surface area contributed by atoms with Crippen LogP contribution >= 0.6 is 15.9 Å². The molecule has 1 N–H and O–H groups in total. The quantitative estimate of drug-likeness (QED) is 0.867. The van der Waals surface area contributed by atoms with Crippen LogP contribution in [0.1, 0.15) is 35.1 Å². The highest BCUT2D eigenvalue weighted by atomic mass is 79.9. The molecule has 18 heavy (non-hydrogen) atoms. The van der Waals surface area contributed by atoms with Crippen LogP contribution in [0, 0.1) is 0 Å². The molecule has 2 aromatic rings. The van der Waals surface area contributed by atoms with Gasteiger partial charge in [-0.3, -0.25) is 4.79 Å². The Balaban J connectivity index is 2.15. The highest BCUT2D eigenvalue weighted by molar-refractivity contribution is 9.10. The summed E-state index contributed by atoms with van der Waals surface area (Å²) in [7, 11) is 0. The van der Waals surface area contributed by atoms with E-state index < -0.39 is 0 Å². The third kappa shape index (κ3) is 1.97. The molecule has 1 unspecified atom stereocenters. The first kappa shape index (κ1) is 11.9. The molecule has 0 bridgehead atoms. The lowest BCUT2D eigenvalue weighted by atomic mass is 9.99. The van der Waals surface area contributed by atoms with Gasteiger partial charge >= 0.3 is 0 Å². The molecule has 0 amide bonds. The Morgan fingerprint density at radius 3 is 3.11 bits per heavy atom. The fourth-order valence-corrected chi connectivity index (χ4v) is 2.89. The third-order valence-corrected chi connectivity index (χ3v) is 3.90. The molecular weight excluding hydrogens is 294 g/mol. The van der Waals surface area contributed by atoms with E-state index in [-0.39, 0.29) is 0 Å². The normalized spacial score (nSPS) is 20.2. The van der Waals surface area contributed by atoms with E-state index in [0.717, 1.165) is 48.0 Å². The summed E-state index contributed by atoms with van der Waals surface area (Å²) in [5.41, 5.74) is 1.41. The van der Waals surface area contributed by atoms with Gasteiger partial charge in [-0.25, -0.2) is 4.98 Å². The number of aromatic nitrogens is 2. The maximum Gasteiger partial charge on any atom is 0.170 e. The lowest BCUT2D eigenvalue weighted by Gasteiger charge is -2.21. The standard InChI is InChI=1S/C13H14BrN3O/c14-10-3-4-12-11(8-18)16-13(17(12)7-10)9-2-1-5-15-6-9/h3-4,7-9,15H,1-2,5-6H2. The van der Waals surface area contributed by atoms with Crippen molar-refractivity contribution in [3.63, 3.8) is 0 Å². The van der Waals surface area contributed by atoms with E-state index in [1.54, 1.807) is 0 Å². The number of nitrogens with one attached hydrogen (secondary N) is 1. The van der Waals surface area contributed by atoms with Gasteiger partial charge in [0.25, 0.3) is 0 Å². The number of imidazole rings is 1. The minimum atomic E-state index is 0.384. The van der Waals surface area contributed by atoms with Gasteiger partial charge in [-0.2, -0.15) is 0 Å². The molecule has 0 spiro atoms. The zero-order valence-electron chi connectivity index (χ0n) is 9.90. The Morgan fingerprint density at radius 2 is 2.39 bits per heavy atom. The minimum Gasteiger partial charge on any atom is -0.316 e. The van der Waals surface area contributed by atoms with Gasteiger partial charge in [-0.15, -0.1) is 0 Å². The van der Waals surface area contributed by atoms with E-state index in [4.69, 9.17) is 0 Å². The summed E-state index contributed by atoms with van der Waals surface area (Å²) in [5, 5.41) is 3.39. The molecule has 4 nitrogen and oxygen atoms in total. The Bertz CT molecular complexity index is 587. The van der Waals surface area contributed by atoms with Crippen LogP contribution in [-0.4, -0.2) is 28.8 Å². The molecule has 0 radical (unpaired) electrons. The van der Waals surface area contributed by atoms with Crippen LogP contribution in [0.5, 0.6) is 0 Å². The number of hydrogen-bond donors (Lipinski definition) is 1. The van der Waals surface area contributed by atoms with Gasteiger partial charge in [-0.1, -0.05) is 0 Å². The van der Waals surface area contributed by atoms with Gasteiger partial charge in [0, 0.05) is 23.1 Å². The molecule has 0 aromatic carbocycles. The largest absolute Gasteiger partial charge is 0.316 e. The number of aldehydes is 1. The van der Waals surface area contributed by atoms with E-state index in [1.165, 1.54) is 0 Å². The van der Waals surface area contributed by atoms with Crippen LogP contribution in [0.2, 0.25) is 0 Å². The zero-order valence-corrected chi connectivity index (χ0v) is 11.5. The molecule has 1 atom stereocenters. The van der Waals surface area contributed by atoms with Crippen molar-refractivity contribution in [2.75, 3.05) is 13.1 Å². The van der Waals surface area contributed by atoms with Crippen molar-refractivity contribution < 1.29 is 4.79 Å². The topological polar surface area (TPSA) is 46.4 Å². The van der Waals surface area contributed by atoms with Crippen LogP contribution in [0.4, 0.5) is 0 Å². The van der Waals surface area contributed by atoms with Crippen molar-refractivity contribution in [2.24, 2.45) is 0 Å². The second-order valence-electron chi connectivity index (χ2n) is 4.62. The summed E-state index contributed by atoms with van der Waals surface area (Å²) in [6.45, 7) is 2.01. The van der Waals surface area contributed by atoms with E-state index in [0.29, 0.717) is 11.6 Å². The SMILES string of the molecule is O=Cc1nc(C2CCCNC2)n2cc(Br)ccc12. The minimum absolute atomic E-state index is 0.384. The first-order valence-electron chi connectivity index (χ1n) is 6.13. The van der Waals surface area contributed by atoms with Gasteiger partial charge in [0.1, 0.15) is 11.5 Å². The Morgan fingerprint density at radius 1 is 1.50 bits per heavy atom. The second-order valence-corrected chi connectivity index (χ2v) is 5.53. The molecule has 0 saturated carbocycles. The van der Waals surface area contributed by atoms with Gasteiger partial charge in [0.2, 0.25) is 0 Å². The maximum atomic E-state index is 11.1. The highest BCUT2D eigenvalue weighted by Crippen LogP contribution is 2.26. The van der Waals surface area contributed by atoms with Crippen LogP contribution < -0.4 is 5.32 Å². The van der Waals surface area contributed by atoms with Crippen molar-refractivity contribution >= 4 is 27.7 Å². The number of nitrogens with zero attached hydrogens (tertiary/aromatic N) is 2. The van der Waals surface area contributed by atoms with E-state index >= 15 is 0 Å². The summed E-state index contributed by atoms with van der Waals surface area (Å²) in [4.78, 5) is 15.6. The van der Waals surface area contributed by atoms with Crippen molar-refractivity contribution in [2.45, 2.75) is 18.8 Å². The third-order valence-electron chi connectivity index (χ3n) is 3.43. The first-order valence-corrected chi connectivity index (χ1v) is 6.92. The van der Waals surface area contributed by atoms with Gasteiger partial charge in [-0.05, 0) is 47.4 Å². The predicted molar refractivity (Wildman–Crippen MR) is 73.1 cm³/mol. The summed E-state index contributed by atoms with van der Waals surface area (Å²) in [6.07, 6.45) is 5.10. The maximum absolute atomic E-state index is 11.1. The zero-order chi connectivity index (χ0) is 12.5. The average molecular weight is 308 g/mol. The predicted octanol–water partition coefficient (Wildman–Crippen LogP) is 2.38. The molecule has 94 valence electrons. The number of hydrogen-bond acceptors (Lipinski definition) is 3. The summed E-state index contributed by atoms with van der Waals surface area (Å²) < 4.78 is 3.03. The highest BCUT2D eigenvalue weighted by Gasteiger charge is 2.21. The van der Waals surface area contributed by atoms with Crippen LogP contribution in [0.15, 0.2) is 22.8 Å². The van der Waals surface area contributed by atoms with Crippen LogP contribution in [0.25, 0.3) is 5.52 Å². The van der Waals surface area contributed by atoms with Crippen LogP contribution in [0.3, 0.4) is 0 Å². The second kappa shape index (κ2) is 4.82. The van der Waals surface area contributed by atoms with Gasteiger partial charge < -0.3 is 9.72 Å². The molecule has 3 heterocycles. The number of fused-ring (bicyclic) bond motifs is 1. The number of piperidine rings is 1. The Hall–Kier alpha value is -1.20. The number of halogens is 1. The molecule has 5 heteroatoms. The van der Waals surface area contributed by atoms with Crippen molar-refractivity contribution in [3.05, 3.63) is 34.3 Å². The number of carbonyl (C=O) groups is 1. The van der Waals surface area contributed by atoms with Crippen LogP contribution in [-0.2, 0) is 0 Å². The molecule has 1 aliphatic rings. The van der Waals surface area contributed by atoms with E-state index in [1.807, 2.05) is 22.7 Å². The lowest BCUT2D eigenvalue weighted by Crippen LogP contribution is -2.29. The first-order chi connectivity index (χ1) is 8.79. The number of rotatable bonds is 2. The summed E-state index contributed by atoms with van der Waals surface area (Å²) in [5.74, 6) is 1.37. The van der Waals surface area contributed by atoms with E-state index in [2.05, 4.69) is 26.2 Å².